The lowest BCUT2D eigenvalue weighted by Crippen LogP contribution is -2.08. The molecule has 114 valence electrons. The van der Waals surface area contributed by atoms with E-state index in [0.29, 0.717) is 24.0 Å². The van der Waals surface area contributed by atoms with Crippen LogP contribution in [0.25, 0.3) is 0 Å². The molecule has 0 bridgehead atoms. The maximum Gasteiger partial charge on any atom is 0.387 e. The minimum Gasteiger partial charge on any atom is -0.490 e. The molecule has 1 aromatic heterocycles. The standard InChI is InChI=1S/C13H14ClF2N3O2/c1-2-20-11-5-8(3-4-10(11)21-13(15)16)7-19-12(17)9(14)6-18-19/h3-6,13H,2,7,17H2,1H3. The number of nitrogens with two attached hydrogens (primary N) is 1. The number of halogens is 3. The molecule has 0 fully saturated rings. The monoisotopic (exact) mass is 317 g/mol. The van der Waals surface area contributed by atoms with Crippen molar-refractivity contribution in [3.63, 3.8) is 0 Å². The van der Waals surface area contributed by atoms with Gasteiger partial charge < -0.3 is 15.2 Å². The van der Waals surface area contributed by atoms with E-state index in [1.54, 1.807) is 19.1 Å². The summed E-state index contributed by atoms with van der Waals surface area (Å²) < 4.78 is 35.9. The second kappa shape index (κ2) is 6.62. The molecule has 5 nitrogen and oxygen atoms in total. The topological polar surface area (TPSA) is 62.3 Å². The number of ether oxygens (including phenoxy) is 2. The van der Waals surface area contributed by atoms with Crippen LogP contribution in [-0.2, 0) is 6.54 Å². The molecule has 0 saturated heterocycles. The first-order valence-electron chi connectivity index (χ1n) is 6.18. The van der Waals surface area contributed by atoms with Crippen LogP contribution >= 0.6 is 11.6 Å². The molecule has 0 radical (unpaired) electrons. The Kier molecular flexibility index (Phi) is 4.85. The Morgan fingerprint density at radius 1 is 1.38 bits per heavy atom. The average molecular weight is 318 g/mol. The number of alkyl halides is 2. The van der Waals surface area contributed by atoms with Crippen molar-refractivity contribution in [2.45, 2.75) is 20.1 Å². The van der Waals surface area contributed by atoms with Crippen LogP contribution in [0.4, 0.5) is 14.6 Å². The highest BCUT2D eigenvalue weighted by Crippen LogP contribution is 2.30. The SMILES string of the molecule is CCOc1cc(Cn2ncc(Cl)c2N)ccc1OC(F)F. The zero-order valence-corrected chi connectivity index (χ0v) is 12.0. The normalized spacial score (nSPS) is 10.9. The number of nitrogens with zero attached hydrogens (tertiary/aromatic N) is 2. The lowest BCUT2D eigenvalue weighted by atomic mass is 10.2. The quantitative estimate of drug-likeness (QED) is 0.889. The van der Waals surface area contributed by atoms with Crippen LogP contribution in [0.1, 0.15) is 12.5 Å². The van der Waals surface area contributed by atoms with E-state index in [4.69, 9.17) is 22.1 Å². The highest BCUT2D eigenvalue weighted by atomic mass is 35.5. The maximum absolute atomic E-state index is 12.3. The lowest BCUT2D eigenvalue weighted by Gasteiger charge is -2.13. The van der Waals surface area contributed by atoms with Crippen LogP contribution in [0.15, 0.2) is 24.4 Å². The third-order valence-corrected chi connectivity index (χ3v) is 2.98. The molecular formula is C13H14ClF2N3O2. The van der Waals surface area contributed by atoms with Gasteiger partial charge in [-0.3, -0.25) is 0 Å². The maximum atomic E-state index is 12.3. The van der Waals surface area contributed by atoms with Crippen molar-refractivity contribution in [3.05, 3.63) is 35.0 Å². The second-order valence-corrected chi connectivity index (χ2v) is 4.54. The first kappa shape index (κ1) is 15.4. The van der Waals surface area contributed by atoms with Gasteiger partial charge >= 0.3 is 6.61 Å². The molecule has 2 rings (SSSR count). The summed E-state index contributed by atoms with van der Waals surface area (Å²) in [7, 11) is 0. The molecule has 0 spiro atoms. The van der Waals surface area contributed by atoms with Gasteiger partial charge in [0.05, 0.1) is 19.3 Å². The van der Waals surface area contributed by atoms with Gasteiger partial charge in [-0.25, -0.2) is 4.68 Å². The Hall–Kier alpha value is -2.02. The van der Waals surface area contributed by atoms with Crippen LogP contribution < -0.4 is 15.2 Å². The van der Waals surface area contributed by atoms with Crippen LogP contribution in [0.2, 0.25) is 5.02 Å². The molecule has 0 aliphatic rings. The summed E-state index contributed by atoms with van der Waals surface area (Å²) in [6, 6.07) is 4.67. The highest BCUT2D eigenvalue weighted by molar-refractivity contribution is 6.32. The number of hydrogen-bond donors (Lipinski definition) is 1. The van der Waals surface area contributed by atoms with Crippen LogP contribution in [0.5, 0.6) is 11.5 Å². The Morgan fingerprint density at radius 2 is 2.14 bits per heavy atom. The average Bonchev–Trinajstić information content (AvgIpc) is 2.73. The summed E-state index contributed by atoms with van der Waals surface area (Å²) in [6.07, 6.45) is 1.44. The van der Waals surface area contributed by atoms with Gasteiger partial charge in [0.2, 0.25) is 0 Å². The zero-order chi connectivity index (χ0) is 15.4. The third kappa shape index (κ3) is 3.75. The Labute approximate surface area is 125 Å². The number of anilines is 1. The lowest BCUT2D eigenvalue weighted by molar-refractivity contribution is -0.0514. The van der Waals surface area contributed by atoms with Crippen LogP contribution in [-0.4, -0.2) is 23.0 Å². The van der Waals surface area contributed by atoms with Crippen molar-refractivity contribution < 1.29 is 18.3 Å². The largest absolute Gasteiger partial charge is 0.490 e. The van der Waals surface area contributed by atoms with E-state index >= 15 is 0 Å². The van der Waals surface area contributed by atoms with E-state index in [2.05, 4.69) is 9.84 Å². The van der Waals surface area contributed by atoms with E-state index < -0.39 is 6.61 Å². The fourth-order valence-electron chi connectivity index (χ4n) is 1.78. The molecule has 0 amide bonds. The predicted octanol–water partition coefficient (Wildman–Crippen LogP) is 3.17. The summed E-state index contributed by atoms with van der Waals surface area (Å²) in [5.41, 5.74) is 6.53. The third-order valence-electron chi connectivity index (χ3n) is 2.69. The van der Waals surface area contributed by atoms with Gasteiger partial charge in [-0.1, -0.05) is 17.7 Å². The van der Waals surface area contributed by atoms with Crippen LogP contribution in [0.3, 0.4) is 0 Å². The Morgan fingerprint density at radius 3 is 2.71 bits per heavy atom. The summed E-state index contributed by atoms with van der Waals surface area (Å²) in [5, 5.41) is 4.38. The van der Waals surface area contributed by atoms with E-state index in [0.717, 1.165) is 5.56 Å². The van der Waals surface area contributed by atoms with Gasteiger partial charge in [0.25, 0.3) is 0 Å². The van der Waals surface area contributed by atoms with Gasteiger partial charge in [0.15, 0.2) is 11.5 Å². The first-order valence-corrected chi connectivity index (χ1v) is 6.56. The van der Waals surface area contributed by atoms with E-state index in [-0.39, 0.29) is 11.5 Å². The van der Waals surface area contributed by atoms with Crippen LogP contribution in [0, 0.1) is 0 Å². The Balaban J connectivity index is 2.24. The van der Waals surface area contributed by atoms with Crippen molar-refractivity contribution in [1.29, 1.82) is 0 Å². The van der Waals surface area contributed by atoms with Crippen molar-refractivity contribution in [2.24, 2.45) is 0 Å². The molecule has 0 unspecified atom stereocenters. The molecule has 1 heterocycles. The molecule has 1 aromatic carbocycles. The second-order valence-electron chi connectivity index (χ2n) is 4.13. The fourth-order valence-corrected chi connectivity index (χ4v) is 1.92. The van der Waals surface area contributed by atoms with Gasteiger partial charge in [0, 0.05) is 0 Å². The van der Waals surface area contributed by atoms with E-state index in [9.17, 15) is 8.78 Å². The summed E-state index contributed by atoms with van der Waals surface area (Å²) in [6.45, 7) is -0.480. The molecule has 2 aromatic rings. The minimum absolute atomic E-state index is 0.0120. The predicted molar refractivity (Wildman–Crippen MR) is 75.0 cm³/mol. The minimum atomic E-state index is -2.91. The molecular weight excluding hydrogens is 304 g/mol. The van der Waals surface area contributed by atoms with Gasteiger partial charge in [-0.2, -0.15) is 13.9 Å². The molecule has 0 atom stereocenters. The van der Waals surface area contributed by atoms with E-state index in [1.165, 1.54) is 16.9 Å². The Bertz CT molecular complexity index is 619. The smallest absolute Gasteiger partial charge is 0.387 e. The summed E-state index contributed by atoms with van der Waals surface area (Å²) >= 11 is 5.82. The molecule has 8 heteroatoms. The molecule has 0 aliphatic heterocycles. The first-order chi connectivity index (χ1) is 10.0. The number of rotatable bonds is 6. The number of nitrogen functional groups attached to an aromatic ring is 1. The van der Waals surface area contributed by atoms with Crippen molar-refractivity contribution >= 4 is 17.4 Å². The van der Waals surface area contributed by atoms with Gasteiger partial charge in [-0.05, 0) is 24.6 Å². The summed E-state index contributed by atoms with van der Waals surface area (Å²) in [5.74, 6) is 0.566. The molecule has 21 heavy (non-hydrogen) atoms. The fraction of sp³-hybridized carbons (Fsp3) is 0.308. The number of hydrogen-bond acceptors (Lipinski definition) is 4. The molecule has 0 saturated carbocycles. The molecule has 2 N–H and O–H groups in total. The zero-order valence-electron chi connectivity index (χ0n) is 11.2. The highest BCUT2D eigenvalue weighted by Gasteiger charge is 2.13. The van der Waals surface area contributed by atoms with Crippen molar-refractivity contribution in [1.82, 2.24) is 9.78 Å². The number of benzene rings is 1. The summed E-state index contributed by atoms with van der Waals surface area (Å²) in [4.78, 5) is 0. The molecule has 0 aliphatic carbocycles. The van der Waals surface area contributed by atoms with E-state index in [1.807, 2.05) is 0 Å². The van der Waals surface area contributed by atoms with Gasteiger partial charge in [0.1, 0.15) is 10.8 Å². The number of aromatic nitrogens is 2. The van der Waals surface area contributed by atoms with Crippen molar-refractivity contribution in [2.75, 3.05) is 12.3 Å². The van der Waals surface area contributed by atoms with Crippen molar-refractivity contribution in [3.8, 4) is 11.5 Å². The van der Waals surface area contributed by atoms with Gasteiger partial charge in [-0.15, -0.1) is 0 Å².